The Labute approximate surface area is 102 Å². The van der Waals surface area contributed by atoms with Crippen molar-refractivity contribution in [1.82, 2.24) is 4.72 Å². The van der Waals surface area contributed by atoms with Gasteiger partial charge >= 0.3 is 5.97 Å². The summed E-state index contributed by atoms with van der Waals surface area (Å²) >= 11 is 4.87. The van der Waals surface area contributed by atoms with Gasteiger partial charge in [-0.2, -0.15) is 0 Å². The summed E-state index contributed by atoms with van der Waals surface area (Å²) in [6.07, 6.45) is 0. The van der Waals surface area contributed by atoms with Gasteiger partial charge in [0.15, 0.2) is 0 Å². The maximum Gasteiger partial charge on any atom is 0.339 e. The van der Waals surface area contributed by atoms with Gasteiger partial charge in [-0.15, -0.1) is 0 Å². The van der Waals surface area contributed by atoms with Crippen LogP contribution in [0.2, 0.25) is 0 Å². The van der Waals surface area contributed by atoms with Crippen LogP contribution < -0.4 is 4.72 Å². The first kappa shape index (κ1) is 12.5. The van der Waals surface area contributed by atoms with Gasteiger partial charge in [0.25, 0.3) is 0 Å². The van der Waals surface area contributed by atoms with Gasteiger partial charge in [-0.05, 0) is 46.1 Å². The Balaban J connectivity index is 2.83. The third kappa shape index (κ3) is 3.52. The molecular weight excluding hydrogens is 278 g/mol. The van der Waals surface area contributed by atoms with E-state index in [9.17, 15) is 4.79 Å². The zero-order valence-corrected chi connectivity index (χ0v) is 10.9. The molecule has 3 nitrogen and oxygen atoms in total. The van der Waals surface area contributed by atoms with Crippen molar-refractivity contribution >= 4 is 33.8 Å². The standard InChI is InChI=1S/C10H12BrNO2S/c1-3-12-15-7-4-5-8(9(11)6-7)10(13)14-2/h4-6,12H,3H2,1-2H3. The van der Waals surface area contributed by atoms with Crippen molar-refractivity contribution in [3.05, 3.63) is 28.2 Å². The molecule has 0 atom stereocenters. The Morgan fingerprint density at radius 2 is 2.33 bits per heavy atom. The molecule has 0 spiro atoms. The number of hydrogen-bond donors (Lipinski definition) is 1. The molecule has 82 valence electrons. The highest BCUT2D eigenvalue weighted by molar-refractivity contribution is 9.10. The highest BCUT2D eigenvalue weighted by Gasteiger charge is 2.10. The van der Waals surface area contributed by atoms with Crippen molar-refractivity contribution in [3.8, 4) is 0 Å². The Morgan fingerprint density at radius 1 is 1.60 bits per heavy atom. The molecule has 0 amide bonds. The molecule has 1 N–H and O–H groups in total. The van der Waals surface area contributed by atoms with Gasteiger partial charge in [0, 0.05) is 15.9 Å². The average Bonchev–Trinajstić information content (AvgIpc) is 2.25. The molecule has 0 saturated carbocycles. The lowest BCUT2D eigenvalue weighted by molar-refractivity contribution is 0.0599. The van der Waals surface area contributed by atoms with Crippen molar-refractivity contribution < 1.29 is 9.53 Å². The molecule has 0 aromatic heterocycles. The van der Waals surface area contributed by atoms with Crippen LogP contribution >= 0.6 is 27.9 Å². The van der Waals surface area contributed by atoms with E-state index < -0.39 is 0 Å². The van der Waals surface area contributed by atoms with Crippen molar-refractivity contribution in [2.75, 3.05) is 13.7 Å². The minimum atomic E-state index is -0.332. The molecule has 0 radical (unpaired) electrons. The van der Waals surface area contributed by atoms with E-state index in [1.54, 1.807) is 6.07 Å². The zero-order valence-electron chi connectivity index (χ0n) is 8.54. The summed E-state index contributed by atoms with van der Waals surface area (Å²) in [6, 6.07) is 5.51. The van der Waals surface area contributed by atoms with E-state index in [4.69, 9.17) is 0 Å². The fourth-order valence-electron chi connectivity index (χ4n) is 0.990. The minimum Gasteiger partial charge on any atom is -0.465 e. The maximum atomic E-state index is 11.3. The summed E-state index contributed by atoms with van der Waals surface area (Å²) in [5.41, 5.74) is 0.540. The summed E-state index contributed by atoms with van der Waals surface area (Å²) in [4.78, 5) is 12.3. The van der Waals surface area contributed by atoms with Crippen molar-refractivity contribution in [1.29, 1.82) is 0 Å². The molecule has 5 heteroatoms. The summed E-state index contributed by atoms with van der Waals surface area (Å²) in [7, 11) is 1.37. The van der Waals surface area contributed by atoms with Gasteiger partial charge in [-0.1, -0.05) is 6.92 Å². The van der Waals surface area contributed by atoms with Crippen molar-refractivity contribution in [3.63, 3.8) is 0 Å². The minimum absolute atomic E-state index is 0.332. The number of nitrogens with one attached hydrogen (secondary N) is 1. The molecule has 15 heavy (non-hydrogen) atoms. The molecule has 1 rings (SSSR count). The fraction of sp³-hybridized carbons (Fsp3) is 0.300. The van der Waals surface area contributed by atoms with E-state index in [1.807, 2.05) is 19.1 Å². The first-order chi connectivity index (χ1) is 7.19. The number of rotatable bonds is 4. The van der Waals surface area contributed by atoms with Crippen LogP contribution in [0.3, 0.4) is 0 Å². The van der Waals surface area contributed by atoms with E-state index in [0.29, 0.717) is 5.56 Å². The van der Waals surface area contributed by atoms with Crippen LogP contribution in [0.1, 0.15) is 17.3 Å². The predicted molar refractivity (Wildman–Crippen MR) is 65.0 cm³/mol. The summed E-state index contributed by atoms with van der Waals surface area (Å²) in [5, 5.41) is 0. The highest BCUT2D eigenvalue weighted by Crippen LogP contribution is 2.24. The second-order valence-corrected chi connectivity index (χ2v) is 4.55. The molecule has 0 unspecified atom stereocenters. The molecule has 0 heterocycles. The van der Waals surface area contributed by atoms with E-state index in [1.165, 1.54) is 19.1 Å². The molecule has 0 bridgehead atoms. The molecule has 1 aromatic rings. The second kappa shape index (κ2) is 6.15. The monoisotopic (exact) mass is 289 g/mol. The van der Waals surface area contributed by atoms with Crippen molar-refractivity contribution in [2.45, 2.75) is 11.8 Å². The second-order valence-electron chi connectivity index (χ2n) is 2.73. The predicted octanol–water partition coefficient (Wildman–Crippen LogP) is 2.85. The Morgan fingerprint density at radius 3 is 2.87 bits per heavy atom. The molecular formula is C10H12BrNO2S. The maximum absolute atomic E-state index is 11.3. The van der Waals surface area contributed by atoms with Crippen LogP contribution in [0.4, 0.5) is 0 Å². The van der Waals surface area contributed by atoms with E-state index >= 15 is 0 Å². The highest BCUT2D eigenvalue weighted by atomic mass is 79.9. The third-order valence-electron chi connectivity index (χ3n) is 1.68. The summed E-state index contributed by atoms with van der Waals surface area (Å²) in [5.74, 6) is -0.332. The van der Waals surface area contributed by atoms with E-state index in [-0.39, 0.29) is 5.97 Å². The van der Waals surface area contributed by atoms with Crippen LogP contribution in [-0.2, 0) is 4.74 Å². The van der Waals surface area contributed by atoms with Gasteiger partial charge in [0.2, 0.25) is 0 Å². The lowest BCUT2D eigenvalue weighted by Gasteiger charge is -2.05. The van der Waals surface area contributed by atoms with Crippen LogP contribution in [0, 0.1) is 0 Å². The number of esters is 1. The number of methoxy groups -OCH3 is 1. The third-order valence-corrected chi connectivity index (χ3v) is 3.26. The summed E-state index contributed by atoms with van der Waals surface area (Å²) in [6.45, 7) is 2.92. The fourth-order valence-corrected chi connectivity index (χ4v) is 2.31. The Bertz CT molecular complexity index is 357. The van der Waals surface area contributed by atoms with Gasteiger partial charge in [-0.25, -0.2) is 4.79 Å². The molecule has 0 aliphatic heterocycles. The van der Waals surface area contributed by atoms with Crippen LogP contribution in [0.25, 0.3) is 0 Å². The topological polar surface area (TPSA) is 38.3 Å². The smallest absolute Gasteiger partial charge is 0.339 e. The molecule has 0 aliphatic rings. The number of halogens is 1. The first-order valence-electron chi connectivity index (χ1n) is 4.46. The number of carbonyl (C=O) groups is 1. The zero-order chi connectivity index (χ0) is 11.3. The van der Waals surface area contributed by atoms with E-state index in [2.05, 4.69) is 25.4 Å². The number of ether oxygens (including phenoxy) is 1. The lowest BCUT2D eigenvalue weighted by atomic mass is 10.2. The summed E-state index contributed by atoms with van der Waals surface area (Å²) < 4.78 is 8.53. The van der Waals surface area contributed by atoms with E-state index in [0.717, 1.165) is 15.9 Å². The average molecular weight is 290 g/mol. The molecule has 0 fully saturated rings. The van der Waals surface area contributed by atoms with Crippen LogP contribution in [-0.4, -0.2) is 19.6 Å². The lowest BCUT2D eigenvalue weighted by Crippen LogP contribution is -2.03. The Kier molecular flexibility index (Phi) is 5.14. The SMILES string of the molecule is CCNSc1ccc(C(=O)OC)c(Br)c1. The normalized spacial score (nSPS) is 10.1. The molecule has 0 aliphatic carbocycles. The number of carbonyl (C=O) groups excluding carboxylic acids is 1. The first-order valence-corrected chi connectivity index (χ1v) is 6.07. The van der Waals surface area contributed by atoms with Gasteiger partial charge in [-0.3, -0.25) is 4.72 Å². The largest absolute Gasteiger partial charge is 0.465 e. The van der Waals surface area contributed by atoms with Gasteiger partial charge in [0.05, 0.1) is 12.7 Å². The number of benzene rings is 1. The number of hydrogen-bond acceptors (Lipinski definition) is 4. The van der Waals surface area contributed by atoms with Gasteiger partial charge in [0.1, 0.15) is 0 Å². The molecule has 1 aromatic carbocycles. The quantitative estimate of drug-likeness (QED) is 0.683. The molecule has 0 saturated heterocycles. The van der Waals surface area contributed by atoms with Crippen molar-refractivity contribution in [2.24, 2.45) is 0 Å². The van der Waals surface area contributed by atoms with Crippen LogP contribution in [0.15, 0.2) is 27.6 Å². The van der Waals surface area contributed by atoms with Gasteiger partial charge < -0.3 is 4.74 Å². The Hall–Kier alpha value is -0.520. The van der Waals surface area contributed by atoms with Crippen LogP contribution in [0.5, 0.6) is 0 Å².